The first-order valence-corrected chi connectivity index (χ1v) is 7.48. The van der Waals surface area contributed by atoms with Gasteiger partial charge in [-0.2, -0.15) is 0 Å². The van der Waals surface area contributed by atoms with Crippen molar-refractivity contribution >= 4 is 21.8 Å². The van der Waals surface area contributed by atoms with Gasteiger partial charge in [0, 0.05) is 17.1 Å². The predicted molar refractivity (Wildman–Crippen MR) is 79.6 cm³/mol. The molecule has 4 heteroatoms. The summed E-state index contributed by atoms with van der Waals surface area (Å²) in [6.07, 6.45) is 2.19. The Kier molecular flexibility index (Phi) is 4.50. The summed E-state index contributed by atoms with van der Waals surface area (Å²) in [5.74, 6) is 1.21. The fraction of sp³-hybridized carbons (Fsp3) is 0.533. The molecule has 0 aliphatic carbocycles. The third kappa shape index (κ3) is 2.94. The van der Waals surface area contributed by atoms with Gasteiger partial charge >= 0.3 is 0 Å². The van der Waals surface area contributed by atoms with Crippen LogP contribution in [-0.4, -0.2) is 30.5 Å². The van der Waals surface area contributed by atoms with Crippen molar-refractivity contribution in [1.82, 2.24) is 4.90 Å². The molecule has 19 heavy (non-hydrogen) atoms. The van der Waals surface area contributed by atoms with Crippen molar-refractivity contribution in [2.24, 2.45) is 5.92 Å². The minimum Gasteiger partial charge on any atom is -0.496 e. The number of amides is 1. The molecule has 0 radical (unpaired) electrons. The summed E-state index contributed by atoms with van der Waals surface area (Å²) >= 11 is 3.40. The van der Waals surface area contributed by atoms with E-state index < -0.39 is 0 Å². The van der Waals surface area contributed by atoms with Gasteiger partial charge in [-0.15, -0.1) is 0 Å². The number of carbonyl (C=O) groups is 1. The SMILES string of the molecule is COc1cc(Br)ccc1C(=O)N1CCCC1C(C)C. The van der Waals surface area contributed by atoms with Crippen molar-refractivity contribution in [1.29, 1.82) is 0 Å². The Morgan fingerprint density at radius 3 is 2.84 bits per heavy atom. The molecule has 1 atom stereocenters. The Balaban J connectivity index is 2.29. The Bertz CT molecular complexity index is 473. The molecule has 1 fully saturated rings. The van der Waals surface area contributed by atoms with E-state index in [-0.39, 0.29) is 5.91 Å². The summed E-state index contributed by atoms with van der Waals surface area (Å²) < 4.78 is 6.24. The van der Waals surface area contributed by atoms with Crippen LogP contribution in [0.2, 0.25) is 0 Å². The quantitative estimate of drug-likeness (QED) is 0.847. The van der Waals surface area contributed by atoms with Crippen LogP contribution in [0.5, 0.6) is 5.75 Å². The van der Waals surface area contributed by atoms with Crippen molar-refractivity contribution in [3.63, 3.8) is 0 Å². The maximum absolute atomic E-state index is 12.7. The number of benzene rings is 1. The largest absolute Gasteiger partial charge is 0.496 e. The van der Waals surface area contributed by atoms with Crippen molar-refractivity contribution in [2.75, 3.05) is 13.7 Å². The summed E-state index contributed by atoms with van der Waals surface area (Å²) in [6, 6.07) is 5.91. The number of rotatable bonds is 3. The summed E-state index contributed by atoms with van der Waals surface area (Å²) in [6.45, 7) is 5.20. The van der Waals surface area contributed by atoms with E-state index in [9.17, 15) is 4.79 Å². The maximum Gasteiger partial charge on any atom is 0.257 e. The van der Waals surface area contributed by atoms with E-state index in [0.29, 0.717) is 23.3 Å². The van der Waals surface area contributed by atoms with Crippen LogP contribution in [0.1, 0.15) is 37.0 Å². The second-order valence-electron chi connectivity index (χ2n) is 5.30. The van der Waals surface area contributed by atoms with E-state index in [4.69, 9.17) is 4.74 Å². The van der Waals surface area contributed by atoms with Gasteiger partial charge in [-0.3, -0.25) is 4.79 Å². The van der Waals surface area contributed by atoms with Gasteiger partial charge in [0.15, 0.2) is 0 Å². The van der Waals surface area contributed by atoms with Gasteiger partial charge in [-0.25, -0.2) is 0 Å². The summed E-state index contributed by atoms with van der Waals surface area (Å²) in [5.41, 5.74) is 0.651. The number of hydrogen-bond acceptors (Lipinski definition) is 2. The van der Waals surface area contributed by atoms with E-state index in [1.807, 2.05) is 23.1 Å². The molecular formula is C15H20BrNO2. The lowest BCUT2D eigenvalue weighted by Crippen LogP contribution is -2.38. The predicted octanol–water partition coefficient (Wildman–Crippen LogP) is 3.72. The van der Waals surface area contributed by atoms with Crippen LogP contribution in [0, 0.1) is 5.92 Å². The molecule has 1 unspecified atom stereocenters. The first-order chi connectivity index (χ1) is 9.04. The van der Waals surface area contributed by atoms with Crippen molar-refractivity contribution in [3.05, 3.63) is 28.2 Å². The molecule has 0 N–H and O–H groups in total. The fourth-order valence-corrected chi connectivity index (χ4v) is 3.07. The standard InChI is InChI=1S/C15H20BrNO2/c1-10(2)13-5-4-8-17(13)15(18)12-7-6-11(16)9-14(12)19-3/h6-7,9-10,13H,4-5,8H2,1-3H3. The molecular weight excluding hydrogens is 306 g/mol. The second-order valence-corrected chi connectivity index (χ2v) is 6.21. The molecule has 3 nitrogen and oxygen atoms in total. The minimum absolute atomic E-state index is 0.0838. The number of methoxy groups -OCH3 is 1. The van der Waals surface area contributed by atoms with Crippen LogP contribution in [0.3, 0.4) is 0 Å². The number of nitrogens with zero attached hydrogens (tertiary/aromatic N) is 1. The molecule has 0 bridgehead atoms. The lowest BCUT2D eigenvalue weighted by molar-refractivity contribution is 0.0698. The van der Waals surface area contributed by atoms with Crippen molar-refractivity contribution in [2.45, 2.75) is 32.7 Å². The van der Waals surface area contributed by atoms with Crippen molar-refractivity contribution < 1.29 is 9.53 Å². The topological polar surface area (TPSA) is 29.5 Å². The van der Waals surface area contributed by atoms with Crippen molar-refractivity contribution in [3.8, 4) is 5.75 Å². The molecule has 1 aromatic carbocycles. The molecule has 1 heterocycles. The number of halogens is 1. The maximum atomic E-state index is 12.7. The van der Waals surface area contributed by atoms with Gasteiger partial charge in [0.05, 0.1) is 12.7 Å². The fourth-order valence-electron chi connectivity index (χ4n) is 2.73. The molecule has 1 amide bonds. The third-order valence-corrected chi connectivity index (χ3v) is 4.22. The molecule has 1 aliphatic heterocycles. The molecule has 2 rings (SSSR count). The van der Waals surface area contributed by atoms with E-state index >= 15 is 0 Å². The molecule has 1 aliphatic rings. The number of likely N-dealkylation sites (tertiary alicyclic amines) is 1. The third-order valence-electron chi connectivity index (χ3n) is 3.72. The number of ether oxygens (including phenoxy) is 1. The molecule has 104 valence electrons. The van der Waals surface area contributed by atoms with Crippen LogP contribution in [0.4, 0.5) is 0 Å². The smallest absolute Gasteiger partial charge is 0.257 e. The summed E-state index contributed by atoms with van der Waals surface area (Å²) in [7, 11) is 1.60. The van der Waals surface area contributed by atoms with Gasteiger partial charge in [-0.05, 0) is 37.0 Å². The van der Waals surface area contributed by atoms with E-state index in [1.165, 1.54) is 0 Å². The Hall–Kier alpha value is -1.03. The Morgan fingerprint density at radius 1 is 1.47 bits per heavy atom. The molecule has 0 aromatic heterocycles. The van der Waals surface area contributed by atoms with Crippen LogP contribution >= 0.6 is 15.9 Å². The zero-order valence-electron chi connectivity index (χ0n) is 11.6. The average molecular weight is 326 g/mol. The first-order valence-electron chi connectivity index (χ1n) is 6.69. The monoisotopic (exact) mass is 325 g/mol. The van der Waals surface area contributed by atoms with Crippen LogP contribution < -0.4 is 4.74 Å². The zero-order valence-corrected chi connectivity index (χ0v) is 13.2. The Morgan fingerprint density at radius 2 is 2.21 bits per heavy atom. The highest BCUT2D eigenvalue weighted by Gasteiger charge is 2.32. The highest BCUT2D eigenvalue weighted by molar-refractivity contribution is 9.10. The number of carbonyl (C=O) groups excluding carboxylic acids is 1. The molecule has 0 saturated carbocycles. The first kappa shape index (κ1) is 14.4. The van der Waals surface area contributed by atoms with Gasteiger partial charge in [0.1, 0.15) is 5.75 Å². The van der Waals surface area contributed by atoms with Crippen LogP contribution in [0.15, 0.2) is 22.7 Å². The highest BCUT2D eigenvalue weighted by atomic mass is 79.9. The van der Waals surface area contributed by atoms with E-state index in [1.54, 1.807) is 7.11 Å². The van der Waals surface area contributed by atoms with Gasteiger partial charge in [0.25, 0.3) is 5.91 Å². The summed E-state index contributed by atoms with van der Waals surface area (Å²) in [4.78, 5) is 14.7. The normalized spacial score (nSPS) is 19.0. The zero-order chi connectivity index (χ0) is 14.0. The second kappa shape index (κ2) is 5.95. The minimum atomic E-state index is 0.0838. The van der Waals surface area contributed by atoms with E-state index in [0.717, 1.165) is 23.9 Å². The summed E-state index contributed by atoms with van der Waals surface area (Å²) in [5, 5.41) is 0. The van der Waals surface area contributed by atoms with Crippen LogP contribution in [0.25, 0.3) is 0 Å². The Labute approximate surface area is 123 Å². The van der Waals surface area contributed by atoms with Crippen LogP contribution in [-0.2, 0) is 0 Å². The highest BCUT2D eigenvalue weighted by Crippen LogP contribution is 2.30. The van der Waals surface area contributed by atoms with Gasteiger partial charge in [-0.1, -0.05) is 29.8 Å². The molecule has 1 saturated heterocycles. The van der Waals surface area contributed by atoms with E-state index in [2.05, 4.69) is 29.8 Å². The average Bonchev–Trinajstić information content (AvgIpc) is 2.87. The number of hydrogen-bond donors (Lipinski definition) is 0. The van der Waals surface area contributed by atoms with Gasteiger partial charge in [0.2, 0.25) is 0 Å². The lowest BCUT2D eigenvalue weighted by Gasteiger charge is -2.28. The van der Waals surface area contributed by atoms with Gasteiger partial charge < -0.3 is 9.64 Å². The molecule has 1 aromatic rings. The lowest BCUT2D eigenvalue weighted by atomic mass is 10.0. The molecule has 0 spiro atoms.